The predicted molar refractivity (Wildman–Crippen MR) is 47.3 cm³/mol. The van der Waals surface area contributed by atoms with Crippen LogP contribution in [0.3, 0.4) is 0 Å². The number of rotatable bonds is 6. The van der Waals surface area contributed by atoms with E-state index in [0.29, 0.717) is 0 Å². The number of hydrogen-bond acceptors (Lipinski definition) is 6. The average Bonchev–Trinajstić information content (AvgIpc) is 1.98. The van der Waals surface area contributed by atoms with Crippen LogP contribution in [0.4, 0.5) is 0 Å². The average molecular weight is 233 g/mol. The Labute approximate surface area is 76.4 Å². The molecule has 80 valence electrons. The van der Waals surface area contributed by atoms with Gasteiger partial charge in [0.2, 0.25) is 8.03 Å². The van der Waals surface area contributed by atoms with E-state index in [-0.39, 0.29) is 6.29 Å². The second-order valence-electron chi connectivity index (χ2n) is 2.24. The van der Waals surface area contributed by atoms with Crippen LogP contribution in [0.1, 0.15) is 0 Å². The van der Waals surface area contributed by atoms with Gasteiger partial charge in [0.1, 0.15) is 6.29 Å². The van der Waals surface area contributed by atoms with Crippen molar-refractivity contribution >= 4 is 16.3 Å². The predicted octanol–water partition coefficient (Wildman–Crippen LogP) is -1.51. The molecular formula is C3H13N3O5P2. The van der Waals surface area contributed by atoms with Gasteiger partial charge in [0, 0.05) is 0 Å². The minimum absolute atomic E-state index is 0.117. The van der Waals surface area contributed by atoms with E-state index in [1.807, 2.05) is 5.48 Å². The van der Waals surface area contributed by atoms with Crippen molar-refractivity contribution in [3.8, 4) is 0 Å². The van der Waals surface area contributed by atoms with Crippen molar-refractivity contribution in [2.75, 3.05) is 13.3 Å². The maximum Gasteiger partial charge on any atom is 0.332 e. The third-order valence-electron chi connectivity index (χ3n) is 1.13. The highest BCUT2D eigenvalue weighted by Crippen LogP contribution is 2.15. The fourth-order valence-electron chi connectivity index (χ4n) is 0.512. The summed E-state index contributed by atoms with van der Waals surface area (Å²) >= 11 is 0. The van der Waals surface area contributed by atoms with Gasteiger partial charge in [-0.1, -0.05) is 0 Å². The van der Waals surface area contributed by atoms with Gasteiger partial charge in [-0.05, 0) is 7.05 Å². The van der Waals surface area contributed by atoms with Gasteiger partial charge < -0.3 is 15.5 Å². The molecule has 0 bridgehead atoms. The van der Waals surface area contributed by atoms with Gasteiger partial charge in [0.05, 0.1) is 6.29 Å². The highest BCUT2D eigenvalue weighted by molar-refractivity contribution is 7.37. The zero-order valence-electron chi connectivity index (χ0n) is 6.93. The van der Waals surface area contributed by atoms with Gasteiger partial charge in [0.25, 0.3) is 0 Å². The molecule has 0 aromatic heterocycles. The highest BCUT2D eigenvalue weighted by atomic mass is 31.1. The summed E-state index contributed by atoms with van der Waals surface area (Å²) < 4.78 is 24.6. The van der Waals surface area contributed by atoms with Gasteiger partial charge in [0.15, 0.2) is 0 Å². The molecule has 0 spiro atoms. The van der Waals surface area contributed by atoms with E-state index in [1.54, 1.807) is 0 Å². The molecule has 0 aliphatic heterocycles. The van der Waals surface area contributed by atoms with Crippen LogP contribution >= 0.6 is 16.3 Å². The molecule has 0 aromatic carbocycles. The lowest BCUT2D eigenvalue weighted by Crippen LogP contribution is -2.49. The quantitative estimate of drug-likeness (QED) is 0.248. The molecule has 13 heavy (non-hydrogen) atoms. The maximum atomic E-state index is 10.4. The summed E-state index contributed by atoms with van der Waals surface area (Å²) in [4.78, 5) is 18.0. The normalized spacial score (nSPS) is 18.5. The summed E-state index contributed by atoms with van der Waals surface area (Å²) in [7, 11) is -4.27. The third kappa shape index (κ3) is 7.30. The number of nitrogens with one attached hydrogen (secondary N) is 1. The Morgan fingerprint density at radius 3 is 2.54 bits per heavy atom. The van der Waals surface area contributed by atoms with Gasteiger partial charge in [-0.2, -0.15) is 5.48 Å². The van der Waals surface area contributed by atoms with Crippen molar-refractivity contribution in [1.82, 2.24) is 10.4 Å². The smallest absolute Gasteiger partial charge is 0.332 e. The third-order valence-corrected chi connectivity index (χ3v) is 2.19. The molecule has 0 amide bonds. The maximum absolute atomic E-state index is 10.4. The van der Waals surface area contributed by atoms with Crippen LogP contribution < -0.4 is 11.2 Å². The first-order valence-electron chi connectivity index (χ1n) is 3.26. The van der Waals surface area contributed by atoms with Crippen LogP contribution in [0.25, 0.3) is 0 Å². The number of nitrogens with two attached hydrogens (primary N) is 1. The lowest BCUT2D eigenvalue weighted by molar-refractivity contribution is 0.0756. The topological polar surface area (TPSA) is 125 Å². The van der Waals surface area contributed by atoms with Gasteiger partial charge in [-0.15, -0.1) is 0 Å². The highest BCUT2D eigenvalue weighted by Gasteiger charge is 2.11. The molecule has 0 saturated carbocycles. The molecule has 0 heterocycles. The fraction of sp³-hybridized carbons (Fsp3) is 1.00. The lowest BCUT2D eigenvalue weighted by Gasteiger charge is -2.22. The van der Waals surface area contributed by atoms with Crippen LogP contribution in [0.2, 0.25) is 0 Å². The molecule has 0 aliphatic rings. The Hall–Kier alpha value is 0.220. The summed E-state index contributed by atoms with van der Waals surface area (Å²) in [5, 5.41) is 0. The van der Waals surface area contributed by atoms with Gasteiger partial charge >= 0.3 is 8.25 Å². The fourth-order valence-corrected chi connectivity index (χ4v) is 1.36. The molecule has 0 rings (SSSR count). The summed E-state index contributed by atoms with van der Waals surface area (Å²) in [6.45, 7) is 0. The standard InChI is InChI=1S/C3H13N3O5P2/c1-6(2-12(7)8)3(4)5-11-13(9)10/h3,5,12-13H,2,4H2,1H3,(H,7,8)(H,9,10). The second kappa shape index (κ2) is 6.64. The van der Waals surface area contributed by atoms with E-state index in [4.69, 9.17) is 15.5 Å². The zero-order valence-corrected chi connectivity index (χ0v) is 8.93. The van der Waals surface area contributed by atoms with Crippen molar-refractivity contribution in [2.45, 2.75) is 6.29 Å². The van der Waals surface area contributed by atoms with E-state index < -0.39 is 22.6 Å². The van der Waals surface area contributed by atoms with Crippen LogP contribution in [0, 0.1) is 0 Å². The van der Waals surface area contributed by atoms with Crippen molar-refractivity contribution in [3.63, 3.8) is 0 Å². The summed E-state index contributed by atoms with van der Waals surface area (Å²) in [6.07, 6.45) is -1.02. The van der Waals surface area contributed by atoms with E-state index in [9.17, 15) is 9.13 Å². The SMILES string of the molecule is CN(C[PH](=O)O)C(N)NO[PH](=O)O. The van der Waals surface area contributed by atoms with Gasteiger partial charge in [-0.25, -0.2) is 4.62 Å². The summed E-state index contributed by atoms with van der Waals surface area (Å²) in [5.74, 6) is 0. The van der Waals surface area contributed by atoms with Gasteiger partial charge in [-0.3, -0.25) is 14.0 Å². The minimum atomic E-state index is -3.09. The molecule has 3 unspecified atom stereocenters. The molecule has 0 aromatic rings. The molecule has 0 fully saturated rings. The molecule has 0 radical (unpaired) electrons. The molecular weight excluding hydrogens is 220 g/mol. The van der Waals surface area contributed by atoms with E-state index in [0.717, 1.165) is 0 Å². The molecule has 0 aliphatic carbocycles. The summed E-state index contributed by atoms with van der Waals surface area (Å²) in [5.41, 5.74) is 7.38. The van der Waals surface area contributed by atoms with E-state index in [1.165, 1.54) is 11.9 Å². The molecule has 0 saturated heterocycles. The number of nitrogens with zero attached hydrogens (tertiary/aromatic N) is 1. The number of hydroxylamine groups is 1. The van der Waals surface area contributed by atoms with Crippen molar-refractivity contribution in [1.29, 1.82) is 0 Å². The second-order valence-corrected chi connectivity index (χ2v) is 4.08. The first-order valence-corrected chi connectivity index (χ1v) is 6.09. The molecule has 5 N–H and O–H groups in total. The Balaban J connectivity index is 3.75. The van der Waals surface area contributed by atoms with Crippen molar-refractivity contribution < 1.29 is 23.5 Å². The first-order chi connectivity index (χ1) is 5.93. The Bertz CT molecular complexity index is 201. The number of hydrogen-bond donors (Lipinski definition) is 4. The van der Waals surface area contributed by atoms with Crippen LogP contribution in [0.15, 0.2) is 0 Å². The summed E-state index contributed by atoms with van der Waals surface area (Å²) in [6, 6.07) is 0. The van der Waals surface area contributed by atoms with Crippen molar-refractivity contribution in [2.24, 2.45) is 5.73 Å². The van der Waals surface area contributed by atoms with Crippen LogP contribution in [-0.2, 0) is 13.8 Å². The first kappa shape index (κ1) is 13.2. The Morgan fingerprint density at radius 2 is 2.15 bits per heavy atom. The molecule has 10 heteroatoms. The van der Waals surface area contributed by atoms with Crippen molar-refractivity contribution in [3.05, 3.63) is 0 Å². The Morgan fingerprint density at radius 1 is 1.62 bits per heavy atom. The van der Waals surface area contributed by atoms with Crippen LogP contribution in [0.5, 0.6) is 0 Å². The Kier molecular flexibility index (Phi) is 6.75. The minimum Gasteiger partial charge on any atom is -0.345 e. The van der Waals surface area contributed by atoms with Crippen LogP contribution in [-0.4, -0.2) is 34.3 Å². The van der Waals surface area contributed by atoms with E-state index >= 15 is 0 Å². The monoisotopic (exact) mass is 233 g/mol. The zero-order chi connectivity index (χ0) is 10.4. The largest absolute Gasteiger partial charge is 0.345 e. The molecule has 3 atom stereocenters. The molecule has 8 nitrogen and oxygen atoms in total. The lowest BCUT2D eigenvalue weighted by atomic mass is 10.8. The van der Waals surface area contributed by atoms with E-state index in [2.05, 4.69) is 4.62 Å².